The van der Waals surface area contributed by atoms with Crippen LogP contribution < -0.4 is 0 Å². The Bertz CT molecular complexity index is 229. The summed E-state index contributed by atoms with van der Waals surface area (Å²) in [4.78, 5) is 0. The first-order valence-electron chi connectivity index (χ1n) is 5.06. The molecule has 1 fully saturated rings. The van der Waals surface area contributed by atoms with Gasteiger partial charge >= 0.3 is 26.6 Å². The lowest BCUT2D eigenvalue weighted by Crippen LogP contribution is -2.60. The molecule has 2 atom stereocenters. The third-order valence-electron chi connectivity index (χ3n) is 2.38. The molecule has 0 spiro atoms. The van der Waals surface area contributed by atoms with Gasteiger partial charge in [-0.1, -0.05) is 0 Å². The van der Waals surface area contributed by atoms with Gasteiger partial charge in [0.1, 0.15) is 0 Å². The topological polar surface area (TPSA) is 40.2 Å². The maximum Gasteiger partial charge on any atom is 0.405 e. The molecule has 0 amide bonds. The van der Waals surface area contributed by atoms with Gasteiger partial charge in [0.25, 0.3) is 10.0 Å². The van der Waals surface area contributed by atoms with Crippen LogP contribution in [0.4, 0.5) is 0 Å². The molecule has 0 bridgehead atoms. The van der Waals surface area contributed by atoms with E-state index in [1.54, 1.807) is 0 Å². The quantitative estimate of drug-likeness (QED) is 0.621. The molecule has 9 heteroatoms. The second kappa shape index (κ2) is 4.89. The van der Waals surface area contributed by atoms with E-state index in [1.165, 1.54) is 0 Å². The molecular weight excluding hydrogens is 262 g/mol. The second-order valence-electron chi connectivity index (χ2n) is 4.40. The Morgan fingerprint density at radius 2 is 1.67 bits per heavy atom. The molecule has 0 aromatic rings. The van der Waals surface area contributed by atoms with Gasteiger partial charge in [-0.05, 0) is 40.3 Å². The van der Waals surface area contributed by atoms with Crippen molar-refractivity contribution in [2.75, 3.05) is 14.1 Å². The molecule has 0 N–H and O–H groups in total. The van der Waals surface area contributed by atoms with Crippen LogP contribution in [0, 0.1) is 0 Å². The summed E-state index contributed by atoms with van der Waals surface area (Å²) >= 11 is 0. The highest BCUT2D eigenvalue weighted by atomic mass is 28.5. The van der Waals surface area contributed by atoms with Crippen molar-refractivity contribution in [2.24, 2.45) is 0 Å². The summed E-state index contributed by atoms with van der Waals surface area (Å²) in [5.74, 6) is 0. The zero-order chi connectivity index (χ0) is 11.7. The summed E-state index contributed by atoms with van der Waals surface area (Å²) in [5.41, 5.74) is 0. The zero-order valence-corrected chi connectivity index (χ0v) is 14.9. The SMILES string of the molecule is CN(C)[Si]1(C)O[SiH2]O[Si](C)(C)O[SiH](C)O1. The monoisotopic (exact) mass is 283 g/mol. The standard InChI is InChI=1S/C6H21NO4Si4/c1-7(2)15(6)9-12-8-14(4,5)10-13(3)11-15/h13H,12H2,1-6H3. The highest BCUT2D eigenvalue weighted by molar-refractivity contribution is 6.81. The molecule has 0 saturated carbocycles. The third kappa shape index (κ3) is 3.87. The van der Waals surface area contributed by atoms with Crippen LogP contribution in [0.25, 0.3) is 0 Å². The van der Waals surface area contributed by atoms with Crippen LogP contribution in [-0.2, 0) is 16.5 Å². The molecular formula is C6H21NO4Si4. The van der Waals surface area contributed by atoms with Crippen LogP contribution in [-0.4, -0.2) is 55.2 Å². The van der Waals surface area contributed by atoms with Crippen molar-refractivity contribution in [3.8, 4) is 0 Å². The fraction of sp³-hybridized carbons (Fsp3) is 1.00. The molecule has 90 valence electrons. The van der Waals surface area contributed by atoms with E-state index in [-0.39, 0.29) is 0 Å². The average Bonchev–Trinajstić information content (AvgIpc) is 1.99. The minimum absolute atomic E-state index is 0.968. The van der Waals surface area contributed by atoms with Gasteiger partial charge in [-0.25, -0.2) is 0 Å². The predicted octanol–water partition coefficient (Wildman–Crippen LogP) is -0.252. The Balaban J connectivity index is 2.70. The third-order valence-corrected chi connectivity index (χ3v) is 16.5. The zero-order valence-electron chi connectivity index (χ0n) is 10.4. The van der Waals surface area contributed by atoms with Crippen LogP contribution in [0.15, 0.2) is 0 Å². The Morgan fingerprint density at radius 1 is 1.07 bits per heavy atom. The highest BCUT2D eigenvalue weighted by Crippen LogP contribution is 2.18. The normalized spacial score (nSPS) is 39.0. The summed E-state index contributed by atoms with van der Waals surface area (Å²) in [6.45, 7) is 8.20. The maximum atomic E-state index is 6.02. The number of nitrogens with zero attached hydrogens (tertiary/aromatic N) is 1. The minimum atomic E-state index is -2.19. The van der Waals surface area contributed by atoms with Gasteiger partial charge < -0.3 is 16.5 Å². The van der Waals surface area contributed by atoms with E-state index in [2.05, 4.69) is 24.2 Å². The van der Waals surface area contributed by atoms with E-state index in [1.807, 2.05) is 20.6 Å². The molecule has 15 heavy (non-hydrogen) atoms. The summed E-state index contributed by atoms with van der Waals surface area (Å²) in [6, 6.07) is 0. The molecule has 1 rings (SSSR count). The smallest absolute Gasteiger partial charge is 0.405 e. The lowest BCUT2D eigenvalue weighted by atomic mass is 11.3. The van der Waals surface area contributed by atoms with E-state index < -0.39 is 36.6 Å². The van der Waals surface area contributed by atoms with E-state index in [9.17, 15) is 0 Å². The van der Waals surface area contributed by atoms with Crippen LogP contribution >= 0.6 is 0 Å². The van der Waals surface area contributed by atoms with Crippen molar-refractivity contribution in [3.05, 3.63) is 0 Å². The molecule has 0 aromatic carbocycles. The van der Waals surface area contributed by atoms with Crippen LogP contribution in [0.3, 0.4) is 0 Å². The van der Waals surface area contributed by atoms with E-state index in [0.717, 1.165) is 0 Å². The number of hydrogen-bond acceptors (Lipinski definition) is 5. The van der Waals surface area contributed by atoms with Crippen molar-refractivity contribution in [3.63, 3.8) is 0 Å². The van der Waals surface area contributed by atoms with E-state index >= 15 is 0 Å². The lowest BCUT2D eigenvalue weighted by Gasteiger charge is -2.40. The first kappa shape index (κ1) is 13.7. The average molecular weight is 284 g/mol. The summed E-state index contributed by atoms with van der Waals surface area (Å²) < 4.78 is 25.7. The summed E-state index contributed by atoms with van der Waals surface area (Å²) in [5, 5.41) is 0. The molecule has 1 aliphatic rings. The molecule has 0 aliphatic carbocycles. The predicted molar refractivity (Wildman–Crippen MR) is 68.7 cm³/mol. The van der Waals surface area contributed by atoms with Crippen molar-refractivity contribution in [2.45, 2.75) is 26.2 Å². The molecule has 5 nitrogen and oxygen atoms in total. The van der Waals surface area contributed by atoms with Crippen molar-refractivity contribution in [1.29, 1.82) is 0 Å². The second-order valence-corrected chi connectivity index (χ2v) is 15.5. The summed E-state index contributed by atoms with van der Waals surface area (Å²) in [7, 11) is -2.75. The first-order chi connectivity index (χ1) is 6.75. The molecule has 1 aliphatic heterocycles. The van der Waals surface area contributed by atoms with Gasteiger partial charge in [0, 0.05) is 0 Å². The van der Waals surface area contributed by atoms with Crippen molar-refractivity contribution < 1.29 is 16.5 Å². The van der Waals surface area contributed by atoms with Crippen molar-refractivity contribution in [1.82, 2.24) is 4.57 Å². The number of rotatable bonds is 1. The van der Waals surface area contributed by atoms with E-state index in [4.69, 9.17) is 16.5 Å². The van der Waals surface area contributed by atoms with Crippen LogP contribution in [0.1, 0.15) is 0 Å². The van der Waals surface area contributed by atoms with Crippen LogP contribution in [0.2, 0.25) is 26.2 Å². The van der Waals surface area contributed by atoms with Gasteiger partial charge in [0.2, 0.25) is 0 Å². The first-order valence-corrected chi connectivity index (χ1v) is 13.4. The Hall–Kier alpha value is 0.668. The van der Waals surface area contributed by atoms with Gasteiger partial charge in [0.15, 0.2) is 0 Å². The highest BCUT2D eigenvalue weighted by Gasteiger charge is 2.42. The van der Waals surface area contributed by atoms with E-state index in [0.29, 0.717) is 0 Å². The number of hydrogen-bond donors (Lipinski definition) is 0. The minimum Gasteiger partial charge on any atom is -0.420 e. The van der Waals surface area contributed by atoms with Gasteiger partial charge in [-0.2, -0.15) is 0 Å². The molecule has 2 unspecified atom stereocenters. The van der Waals surface area contributed by atoms with Crippen LogP contribution in [0.5, 0.6) is 0 Å². The van der Waals surface area contributed by atoms with Gasteiger partial charge in [0.05, 0.1) is 0 Å². The molecule has 1 saturated heterocycles. The van der Waals surface area contributed by atoms with Gasteiger partial charge in [-0.15, -0.1) is 0 Å². The van der Waals surface area contributed by atoms with Crippen molar-refractivity contribution >= 4 is 36.6 Å². The largest absolute Gasteiger partial charge is 0.420 e. The fourth-order valence-corrected chi connectivity index (χ4v) is 14.0. The fourth-order valence-electron chi connectivity index (χ4n) is 1.31. The Morgan fingerprint density at radius 3 is 2.20 bits per heavy atom. The Kier molecular flexibility index (Phi) is 4.48. The lowest BCUT2D eigenvalue weighted by molar-refractivity contribution is 0.235. The summed E-state index contributed by atoms with van der Waals surface area (Å²) in [6.07, 6.45) is 0. The van der Waals surface area contributed by atoms with Gasteiger partial charge in [-0.3, -0.25) is 4.57 Å². The molecule has 1 heterocycles. The maximum absolute atomic E-state index is 6.02. The molecule has 0 aromatic heterocycles. The Labute approximate surface area is 98.2 Å². The molecule has 0 radical (unpaired) electrons.